The van der Waals surface area contributed by atoms with Crippen molar-refractivity contribution in [1.29, 1.82) is 0 Å². The Hall–Kier alpha value is -0.730. The Balaban J connectivity index is 2.70. The summed E-state index contributed by atoms with van der Waals surface area (Å²) in [7, 11) is 0. The van der Waals surface area contributed by atoms with Crippen LogP contribution < -0.4 is 11.1 Å². The zero-order valence-electron chi connectivity index (χ0n) is 8.33. The lowest BCUT2D eigenvalue weighted by molar-refractivity contribution is -0.193. The van der Waals surface area contributed by atoms with Gasteiger partial charge in [0.2, 0.25) is 5.91 Å². The summed E-state index contributed by atoms with van der Waals surface area (Å²) >= 11 is 0. The van der Waals surface area contributed by atoms with Crippen LogP contribution in [0.1, 0.15) is 6.92 Å². The van der Waals surface area contributed by atoms with Crippen molar-refractivity contribution in [2.45, 2.75) is 37.5 Å². The summed E-state index contributed by atoms with van der Waals surface area (Å²) in [6.07, 6.45) is -4.41. The molecular formula is C8H16N2O5. The number of nitrogens with two attached hydrogens (primary N) is 1. The van der Waals surface area contributed by atoms with Crippen LogP contribution in [-0.2, 0) is 9.53 Å². The Morgan fingerprint density at radius 1 is 1.47 bits per heavy atom. The molecule has 6 N–H and O–H groups in total. The first kappa shape index (κ1) is 12.3. The molecule has 7 nitrogen and oxygen atoms in total. The summed E-state index contributed by atoms with van der Waals surface area (Å²) in [6, 6.07) is -0.875. The lowest BCUT2D eigenvalue weighted by Crippen LogP contribution is -2.66. The molecule has 0 aromatic carbocycles. The Morgan fingerprint density at radius 3 is 2.53 bits per heavy atom. The summed E-state index contributed by atoms with van der Waals surface area (Å²) in [5.41, 5.74) is 5.53. The minimum Gasteiger partial charge on any atom is -0.394 e. The molecule has 0 aromatic rings. The minimum absolute atomic E-state index is 0.382. The van der Waals surface area contributed by atoms with Crippen LogP contribution in [0.2, 0.25) is 0 Å². The highest BCUT2D eigenvalue weighted by Gasteiger charge is 2.42. The number of amides is 1. The van der Waals surface area contributed by atoms with Gasteiger partial charge in [0.25, 0.3) is 0 Å². The lowest BCUT2D eigenvalue weighted by Gasteiger charge is -2.40. The van der Waals surface area contributed by atoms with E-state index in [0.29, 0.717) is 0 Å². The van der Waals surface area contributed by atoms with Crippen LogP contribution in [0.4, 0.5) is 0 Å². The van der Waals surface area contributed by atoms with Gasteiger partial charge in [-0.3, -0.25) is 4.79 Å². The third kappa shape index (κ3) is 2.64. The molecule has 1 rings (SSSR count). The Labute approximate surface area is 86.8 Å². The molecular weight excluding hydrogens is 204 g/mol. The van der Waals surface area contributed by atoms with Crippen molar-refractivity contribution >= 4 is 5.91 Å². The molecule has 0 bridgehead atoms. The van der Waals surface area contributed by atoms with Crippen LogP contribution in [0, 0.1) is 0 Å². The highest BCUT2D eigenvalue weighted by Crippen LogP contribution is 2.18. The van der Waals surface area contributed by atoms with Crippen LogP contribution in [-0.4, -0.2) is 58.4 Å². The minimum atomic E-state index is -1.27. The zero-order valence-corrected chi connectivity index (χ0v) is 8.33. The number of hydrogen-bond donors (Lipinski definition) is 5. The molecule has 0 saturated carbocycles. The first-order valence-corrected chi connectivity index (χ1v) is 4.62. The normalized spacial score (nSPS) is 41.3. The van der Waals surface area contributed by atoms with Crippen molar-refractivity contribution < 1.29 is 24.9 Å². The van der Waals surface area contributed by atoms with Crippen molar-refractivity contribution in [3.05, 3.63) is 0 Å². The Bertz CT molecular complexity index is 237. The van der Waals surface area contributed by atoms with Gasteiger partial charge < -0.3 is 31.1 Å². The summed E-state index contributed by atoms with van der Waals surface area (Å²) in [5.74, 6) is -0.382. The van der Waals surface area contributed by atoms with Gasteiger partial charge in [-0.1, -0.05) is 0 Å². The van der Waals surface area contributed by atoms with Crippen molar-refractivity contribution in [3.8, 4) is 0 Å². The molecule has 7 heteroatoms. The number of carbonyl (C=O) groups excluding carboxylic acids is 1. The maximum absolute atomic E-state index is 10.8. The highest BCUT2D eigenvalue weighted by molar-refractivity contribution is 5.73. The third-order valence-electron chi connectivity index (χ3n) is 2.33. The molecule has 0 unspecified atom stereocenters. The lowest BCUT2D eigenvalue weighted by atomic mass is 9.96. The largest absolute Gasteiger partial charge is 0.394 e. The van der Waals surface area contributed by atoms with E-state index in [1.165, 1.54) is 6.92 Å². The SMILES string of the molecule is CC(=O)N[C@H]1[C@H](O)[C@@H](O)[C@H](CO)O[C@@H]1N. The molecule has 1 saturated heterocycles. The van der Waals surface area contributed by atoms with Gasteiger partial charge in [0.15, 0.2) is 0 Å². The van der Waals surface area contributed by atoms with Gasteiger partial charge in [0, 0.05) is 6.92 Å². The van der Waals surface area contributed by atoms with Gasteiger partial charge >= 0.3 is 0 Å². The van der Waals surface area contributed by atoms with Gasteiger partial charge in [-0.15, -0.1) is 0 Å². The van der Waals surface area contributed by atoms with Crippen LogP contribution >= 0.6 is 0 Å². The molecule has 0 radical (unpaired) electrons. The van der Waals surface area contributed by atoms with Crippen LogP contribution in [0.3, 0.4) is 0 Å². The number of nitrogens with one attached hydrogen (secondary N) is 1. The number of aliphatic hydroxyl groups is 3. The number of hydrogen-bond acceptors (Lipinski definition) is 6. The molecule has 1 aliphatic heterocycles. The molecule has 5 atom stereocenters. The summed E-state index contributed by atoms with van der Waals surface area (Å²) in [5, 5.41) is 30.3. The van der Waals surface area contributed by atoms with Crippen LogP contribution in [0.15, 0.2) is 0 Å². The first-order valence-electron chi connectivity index (χ1n) is 4.62. The van der Waals surface area contributed by atoms with Gasteiger partial charge in [-0.05, 0) is 0 Å². The van der Waals surface area contributed by atoms with E-state index in [1.54, 1.807) is 0 Å². The number of carbonyl (C=O) groups is 1. The Kier molecular flexibility index (Phi) is 4.00. The second-order valence-electron chi connectivity index (χ2n) is 3.53. The van der Waals surface area contributed by atoms with E-state index < -0.39 is 37.2 Å². The quantitative estimate of drug-likeness (QED) is 0.335. The monoisotopic (exact) mass is 220 g/mol. The predicted octanol–water partition coefficient (Wildman–Crippen LogP) is -3.11. The number of rotatable bonds is 2. The first-order chi connectivity index (χ1) is 6.97. The second kappa shape index (κ2) is 4.86. The molecule has 1 amide bonds. The van der Waals surface area contributed by atoms with Crippen LogP contribution in [0.25, 0.3) is 0 Å². The average molecular weight is 220 g/mol. The second-order valence-corrected chi connectivity index (χ2v) is 3.53. The molecule has 88 valence electrons. The standard InChI is InChI=1S/C8H16N2O5/c1-3(12)10-5-7(14)6(13)4(2-11)15-8(5)9/h4-8,11,13-14H,2,9H2,1H3,(H,10,12)/t4-,5-,6-,7-,8-/m0/s1. The summed E-state index contributed by atoms with van der Waals surface area (Å²) in [4.78, 5) is 10.8. The zero-order chi connectivity index (χ0) is 11.6. The molecule has 0 aliphatic carbocycles. The third-order valence-corrected chi connectivity index (χ3v) is 2.33. The maximum atomic E-state index is 10.8. The van der Waals surface area contributed by atoms with Crippen molar-refractivity contribution in [1.82, 2.24) is 5.32 Å². The van der Waals surface area contributed by atoms with E-state index in [1.807, 2.05) is 0 Å². The number of ether oxygens (including phenoxy) is 1. The fraction of sp³-hybridized carbons (Fsp3) is 0.875. The van der Waals surface area contributed by atoms with E-state index in [0.717, 1.165) is 0 Å². The van der Waals surface area contributed by atoms with Gasteiger partial charge in [0.1, 0.15) is 24.5 Å². The van der Waals surface area contributed by atoms with Crippen LogP contribution in [0.5, 0.6) is 0 Å². The molecule has 1 heterocycles. The molecule has 0 aromatic heterocycles. The van der Waals surface area contributed by atoms with Crippen molar-refractivity contribution in [3.63, 3.8) is 0 Å². The fourth-order valence-corrected chi connectivity index (χ4v) is 1.55. The number of aliphatic hydroxyl groups excluding tert-OH is 3. The highest BCUT2D eigenvalue weighted by atomic mass is 16.5. The fourth-order valence-electron chi connectivity index (χ4n) is 1.55. The summed E-state index contributed by atoms with van der Waals surface area (Å²) < 4.78 is 5.03. The van der Waals surface area contributed by atoms with E-state index in [2.05, 4.69) is 5.32 Å². The van der Waals surface area contributed by atoms with Crippen molar-refractivity contribution in [2.24, 2.45) is 5.73 Å². The maximum Gasteiger partial charge on any atom is 0.217 e. The van der Waals surface area contributed by atoms with E-state index >= 15 is 0 Å². The van der Waals surface area contributed by atoms with E-state index in [4.69, 9.17) is 15.6 Å². The van der Waals surface area contributed by atoms with Gasteiger partial charge in [0.05, 0.1) is 12.6 Å². The van der Waals surface area contributed by atoms with E-state index in [9.17, 15) is 15.0 Å². The molecule has 15 heavy (non-hydrogen) atoms. The average Bonchev–Trinajstić information content (AvgIpc) is 2.18. The topological polar surface area (TPSA) is 125 Å². The molecule has 1 aliphatic rings. The Morgan fingerprint density at radius 2 is 2.07 bits per heavy atom. The smallest absolute Gasteiger partial charge is 0.217 e. The van der Waals surface area contributed by atoms with E-state index in [-0.39, 0.29) is 5.91 Å². The summed E-state index contributed by atoms with van der Waals surface area (Å²) in [6.45, 7) is 0.822. The van der Waals surface area contributed by atoms with Gasteiger partial charge in [-0.25, -0.2) is 0 Å². The molecule has 0 spiro atoms. The predicted molar refractivity (Wildman–Crippen MR) is 49.6 cm³/mol. The molecule has 1 fully saturated rings. The van der Waals surface area contributed by atoms with Crippen molar-refractivity contribution in [2.75, 3.05) is 6.61 Å². The van der Waals surface area contributed by atoms with Gasteiger partial charge in [-0.2, -0.15) is 0 Å².